The van der Waals surface area contributed by atoms with Crippen molar-refractivity contribution in [3.8, 4) is 5.75 Å². The van der Waals surface area contributed by atoms with Crippen LogP contribution < -0.4 is 10.1 Å². The Morgan fingerprint density at radius 2 is 1.77 bits per heavy atom. The second-order valence-electron chi connectivity index (χ2n) is 12.7. The van der Waals surface area contributed by atoms with E-state index in [2.05, 4.69) is 47.2 Å². The van der Waals surface area contributed by atoms with Gasteiger partial charge in [0, 0.05) is 31.1 Å². The van der Waals surface area contributed by atoms with Gasteiger partial charge in [-0.05, 0) is 111 Å². The van der Waals surface area contributed by atoms with Gasteiger partial charge in [0.1, 0.15) is 18.4 Å². The Balaban J connectivity index is 1.08. The highest BCUT2D eigenvalue weighted by molar-refractivity contribution is 6.05. The lowest BCUT2D eigenvalue weighted by Gasteiger charge is -2.36. The van der Waals surface area contributed by atoms with Crippen molar-refractivity contribution in [3.05, 3.63) is 64.2 Å². The van der Waals surface area contributed by atoms with Crippen LogP contribution in [0.5, 0.6) is 5.75 Å². The number of piperidine rings is 3. The first-order valence-electron chi connectivity index (χ1n) is 16.4. The van der Waals surface area contributed by atoms with E-state index in [1.807, 2.05) is 18.2 Å². The molecular formula is C35H46N4O4. The Kier molecular flexibility index (Phi) is 9.14. The first-order chi connectivity index (χ1) is 20.9. The molecule has 0 aliphatic carbocycles. The van der Waals surface area contributed by atoms with Gasteiger partial charge in [-0.25, -0.2) is 0 Å². The fraction of sp³-hybridized carbons (Fsp3) is 0.571. The number of hydrogen-bond acceptors (Lipinski definition) is 6. The van der Waals surface area contributed by atoms with Gasteiger partial charge in [-0.1, -0.05) is 38.5 Å². The molecule has 4 aliphatic heterocycles. The summed E-state index contributed by atoms with van der Waals surface area (Å²) in [6, 6.07) is 12.6. The lowest BCUT2D eigenvalue weighted by Crippen LogP contribution is -2.52. The third-order valence-corrected chi connectivity index (χ3v) is 10.1. The first kappa shape index (κ1) is 29.8. The molecule has 43 heavy (non-hydrogen) atoms. The van der Waals surface area contributed by atoms with E-state index in [9.17, 15) is 14.4 Å². The summed E-state index contributed by atoms with van der Waals surface area (Å²) in [6.45, 7) is 11.1. The van der Waals surface area contributed by atoms with Gasteiger partial charge in [0.2, 0.25) is 11.8 Å². The normalized spacial score (nSPS) is 23.9. The molecule has 2 aromatic carbocycles. The maximum Gasteiger partial charge on any atom is 0.255 e. The molecule has 8 heteroatoms. The molecule has 0 saturated carbocycles. The fourth-order valence-electron chi connectivity index (χ4n) is 7.55. The van der Waals surface area contributed by atoms with Crippen molar-refractivity contribution in [2.45, 2.75) is 96.3 Å². The number of carbonyl (C=O) groups is 3. The Labute approximate surface area is 255 Å². The molecule has 4 heterocycles. The number of likely N-dealkylation sites (tertiary alicyclic amines) is 2. The van der Waals surface area contributed by atoms with Gasteiger partial charge in [0.05, 0.1) is 0 Å². The number of benzene rings is 2. The van der Waals surface area contributed by atoms with Crippen molar-refractivity contribution in [1.29, 1.82) is 0 Å². The SMILES string of the molecule is CCc1cc(CN2CCCCC2COc2ccc3c(c2)CN(C2CCC(=O)NC2=O)C3=O)ccc1C1CCN(CC)CC1. The molecule has 8 nitrogen and oxygen atoms in total. The quantitative estimate of drug-likeness (QED) is 0.431. The summed E-state index contributed by atoms with van der Waals surface area (Å²) >= 11 is 0. The number of nitrogens with zero attached hydrogens (tertiary/aromatic N) is 3. The van der Waals surface area contributed by atoms with E-state index in [1.54, 1.807) is 10.5 Å². The summed E-state index contributed by atoms with van der Waals surface area (Å²) in [5.74, 6) is 0.627. The number of carbonyl (C=O) groups excluding carboxylic acids is 3. The van der Waals surface area contributed by atoms with Gasteiger partial charge >= 0.3 is 0 Å². The molecule has 2 aromatic rings. The van der Waals surface area contributed by atoms with Crippen LogP contribution in [0.15, 0.2) is 36.4 Å². The van der Waals surface area contributed by atoms with Gasteiger partial charge in [0.25, 0.3) is 5.91 Å². The lowest BCUT2D eigenvalue weighted by molar-refractivity contribution is -0.136. The highest BCUT2D eigenvalue weighted by Gasteiger charge is 2.39. The van der Waals surface area contributed by atoms with E-state index in [4.69, 9.17) is 4.74 Å². The van der Waals surface area contributed by atoms with E-state index in [1.165, 1.54) is 49.9 Å². The van der Waals surface area contributed by atoms with Crippen LogP contribution in [0.2, 0.25) is 0 Å². The topological polar surface area (TPSA) is 82.2 Å². The Bertz CT molecular complexity index is 1350. The van der Waals surface area contributed by atoms with Crippen molar-refractivity contribution in [2.24, 2.45) is 0 Å². The molecule has 230 valence electrons. The van der Waals surface area contributed by atoms with E-state index in [0.717, 1.165) is 43.8 Å². The standard InChI is InChI=1S/C35H46N4O4/c1-3-25-19-24(8-10-30(25)26-14-17-37(4-2)18-15-26)21-38-16-6-5-7-28(38)23-43-29-9-11-31-27(20-29)22-39(35(31)42)32-12-13-33(40)36-34(32)41/h8-11,19-20,26,28,32H,3-7,12-18,21-23H2,1-2H3,(H,36,40,41). The lowest BCUT2D eigenvalue weighted by atomic mass is 9.85. The zero-order chi connectivity index (χ0) is 29.9. The minimum Gasteiger partial charge on any atom is -0.492 e. The Hall–Kier alpha value is -3.23. The largest absolute Gasteiger partial charge is 0.492 e. The summed E-state index contributed by atoms with van der Waals surface area (Å²) in [6.07, 6.45) is 7.75. The number of aryl methyl sites for hydroxylation is 1. The minimum atomic E-state index is -0.603. The number of ether oxygens (including phenoxy) is 1. The summed E-state index contributed by atoms with van der Waals surface area (Å²) in [5.41, 5.74) is 5.95. The van der Waals surface area contributed by atoms with Crippen LogP contribution in [-0.4, -0.2) is 77.3 Å². The van der Waals surface area contributed by atoms with Crippen LogP contribution in [0.25, 0.3) is 0 Å². The second-order valence-corrected chi connectivity index (χ2v) is 12.7. The second kappa shape index (κ2) is 13.2. The fourth-order valence-corrected chi connectivity index (χ4v) is 7.55. The molecular weight excluding hydrogens is 540 g/mol. The Morgan fingerprint density at radius 3 is 2.53 bits per heavy atom. The molecule has 2 atom stereocenters. The molecule has 3 fully saturated rings. The zero-order valence-electron chi connectivity index (χ0n) is 25.8. The van der Waals surface area contributed by atoms with Crippen molar-refractivity contribution < 1.29 is 19.1 Å². The van der Waals surface area contributed by atoms with E-state index in [-0.39, 0.29) is 24.1 Å². The summed E-state index contributed by atoms with van der Waals surface area (Å²) < 4.78 is 6.35. The number of hydrogen-bond donors (Lipinski definition) is 1. The van der Waals surface area contributed by atoms with Gasteiger partial charge in [-0.15, -0.1) is 0 Å². The first-order valence-corrected chi connectivity index (χ1v) is 16.4. The Morgan fingerprint density at radius 1 is 0.930 bits per heavy atom. The molecule has 2 unspecified atom stereocenters. The van der Waals surface area contributed by atoms with Crippen molar-refractivity contribution >= 4 is 17.7 Å². The maximum atomic E-state index is 13.0. The molecule has 4 aliphatic rings. The van der Waals surface area contributed by atoms with Crippen molar-refractivity contribution in [2.75, 3.05) is 32.8 Å². The van der Waals surface area contributed by atoms with Crippen LogP contribution in [0, 0.1) is 0 Å². The van der Waals surface area contributed by atoms with Crippen LogP contribution in [0.4, 0.5) is 0 Å². The van der Waals surface area contributed by atoms with Crippen molar-refractivity contribution in [1.82, 2.24) is 20.0 Å². The maximum absolute atomic E-state index is 13.0. The highest BCUT2D eigenvalue weighted by atomic mass is 16.5. The number of amides is 3. The third-order valence-electron chi connectivity index (χ3n) is 10.1. The van der Waals surface area contributed by atoms with Gasteiger partial charge in [0.15, 0.2) is 0 Å². The minimum absolute atomic E-state index is 0.154. The predicted octanol–water partition coefficient (Wildman–Crippen LogP) is 4.64. The average Bonchev–Trinajstić information content (AvgIpc) is 3.35. The number of fused-ring (bicyclic) bond motifs is 1. The molecule has 0 bridgehead atoms. The van der Waals surface area contributed by atoms with Gasteiger partial charge in [-0.3, -0.25) is 24.6 Å². The van der Waals surface area contributed by atoms with E-state index < -0.39 is 6.04 Å². The van der Waals surface area contributed by atoms with Crippen molar-refractivity contribution in [3.63, 3.8) is 0 Å². The summed E-state index contributed by atoms with van der Waals surface area (Å²) in [7, 11) is 0. The molecule has 3 amide bonds. The van der Waals surface area contributed by atoms with Crippen LogP contribution in [0.1, 0.15) is 97.3 Å². The molecule has 0 aromatic heterocycles. The van der Waals surface area contributed by atoms with E-state index in [0.29, 0.717) is 37.1 Å². The number of nitrogens with one attached hydrogen (secondary N) is 1. The predicted molar refractivity (Wildman–Crippen MR) is 166 cm³/mol. The molecule has 3 saturated heterocycles. The summed E-state index contributed by atoms with van der Waals surface area (Å²) in [5, 5.41) is 2.37. The third kappa shape index (κ3) is 6.50. The molecule has 0 radical (unpaired) electrons. The molecule has 0 spiro atoms. The number of rotatable bonds is 9. The van der Waals surface area contributed by atoms with Crippen LogP contribution >= 0.6 is 0 Å². The average molecular weight is 587 g/mol. The molecule has 6 rings (SSSR count). The van der Waals surface area contributed by atoms with Gasteiger partial charge < -0.3 is 14.5 Å². The number of imide groups is 1. The smallest absolute Gasteiger partial charge is 0.255 e. The summed E-state index contributed by atoms with van der Waals surface area (Å²) in [4.78, 5) is 43.7. The van der Waals surface area contributed by atoms with Crippen LogP contribution in [0.3, 0.4) is 0 Å². The van der Waals surface area contributed by atoms with Crippen LogP contribution in [-0.2, 0) is 29.1 Å². The van der Waals surface area contributed by atoms with E-state index >= 15 is 0 Å². The monoisotopic (exact) mass is 586 g/mol. The molecule has 1 N–H and O–H groups in total. The van der Waals surface area contributed by atoms with Gasteiger partial charge in [-0.2, -0.15) is 0 Å². The zero-order valence-corrected chi connectivity index (χ0v) is 25.8. The highest BCUT2D eigenvalue weighted by Crippen LogP contribution is 2.33.